The van der Waals surface area contributed by atoms with Gasteiger partial charge >= 0.3 is 0 Å². The zero-order valence-corrected chi connectivity index (χ0v) is 11.7. The van der Waals surface area contributed by atoms with Crippen LogP contribution in [0.25, 0.3) is 0 Å². The predicted octanol–water partition coefficient (Wildman–Crippen LogP) is 2.57. The van der Waals surface area contributed by atoms with Gasteiger partial charge in [-0.25, -0.2) is 0 Å². The highest BCUT2D eigenvalue weighted by Gasteiger charge is 2.17. The van der Waals surface area contributed by atoms with Crippen LogP contribution < -0.4 is 16.4 Å². The third-order valence-electron chi connectivity index (χ3n) is 3.52. The van der Waals surface area contributed by atoms with Crippen LogP contribution in [0.5, 0.6) is 0 Å². The number of rotatable bonds is 4. The summed E-state index contributed by atoms with van der Waals surface area (Å²) in [6.45, 7) is 2.06. The van der Waals surface area contributed by atoms with Gasteiger partial charge < -0.3 is 16.4 Å². The van der Waals surface area contributed by atoms with Gasteiger partial charge in [0.25, 0.3) is 5.91 Å². The number of benzene rings is 2. The molecule has 0 spiro atoms. The SMILES string of the molecule is CC(c1cccc(N)c1)N(C)c1ccccc1C(N)=O. The van der Waals surface area contributed by atoms with Gasteiger partial charge in [0.1, 0.15) is 0 Å². The van der Waals surface area contributed by atoms with E-state index in [1.165, 1.54) is 0 Å². The second-order valence-electron chi connectivity index (χ2n) is 4.84. The van der Waals surface area contributed by atoms with Crippen LogP contribution in [-0.4, -0.2) is 13.0 Å². The fraction of sp³-hybridized carbons (Fsp3) is 0.188. The van der Waals surface area contributed by atoms with Crippen LogP contribution >= 0.6 is 0 Å². The molecule has 2 aromatic rings. The molecule has 0 saturated heterocycles. The van der Waals surface area contributed by atoms with Gasteiger partial charge in [0.2, 0.25) is 0 Å². The van der Waals surface area contributed by atoms with Gasteiger partial charge in [-0.15, -0.1) is 0 Å². The Morgan fingerprint density at radius 2 is 1.85 bits per heavy atom. The third kappa shape index (κ3) is 2.74. The number of carbonyl (C=O) groups is 1. The molecule has 4 nitrogen and oxygen atoms in total. The molecule has 1 unspecified atom stereocenters. The number of nitrogens with zero attached hydrogens (tertiary/aromatic N) is 1. The molecule has 0 aliphatic carbocycles. The smallest absolute Gasteiger partial charge is 0.250 e. The van der Waals surface area contributed by atoms with Gasteiger partial charge in [-0.05, 0) is 36.8 Å². The maximum atomic E-state index is 11.5. The van der Waals surface area contributed by atoms with Crippen LogP contribution in [0.2, 0.25) is 0 Å². The molecule has 104 valence electrons. The van der Waals surface area contributed by atoms with Crippen LogP contribution in [0.4, 0.5) is 11.4 Å². The standard InChI is InChI=1S/C16H19N3O/c1-11(12-6-5-7-13(17)10-12)19(2)15-9-4-3-8-14(15)16(18)20/h3-11H,17H2,1-2H3,(H2,18,20). The molecule has 1 amide bonds. The van der Waals surface area contributed by atoms with Crippen LogP contribution in [0.3, 0.4) is 0 Å². The molecule has 4 N–H and O–H groups in total. The molecular weight excluding hydrogens is 250 g/mol. The second kappa shape index (κ2) is 5.65. The lowest BCUT2D eigenvalue weighted by molar-refractivity contribution is 0.100. The fourth-order valence-corrected chi connectivity index (χ4v) is 2.24. The summed E-state index contributed by atoms with van der Waals surface area (Å²) in [7, 11) is 1.94. The van der Waals surface area contributed by atoms with E-state index in [1.807, 2.05) is 54.4 Å². The molecule has 0 aromatic heterocycles. The summed E-state index contributed by atoms with van der Waals surface area (Å²) in [4.78, 5) is 13.5. The molecule has 2 rings (SSSR count). The van der Waals surface area contributed by atoms with Gasteiger partial charge in [-0.3, -0.25) is 4.79 Å². The lowest BCUT2D eigenvalue weighted by Crippen LogP contribution is -2.25. The number of nitrogens with two attached hydrogens (primary N) is 2. The highest BCUT2D eigenvalue weighted by atomic mass is 16.1. The summed E-state index contributed by atoms with van der Waals surface area (Å²) in [5, 5.41) is 0. The molecule has 0 radical (unpaired) electrons. The van der Waals surface area contributed by atoms with E-state index in [0.29, 0.717) is 5.56 Å². The lowest BCUT2D eigenvalue weighted by Gasteiger charge is -2.29. The van der Waals surface area contributed by atoms with Crippen molar-refractivity contribution in [2.45, 2.75) is 13.0 Å². The number of anilines is 2. The van der Waals surface area contributed by atoms with Gasteiger partial charge in [0.15, 0.2) is 0 Å². The van der Waals surface area contributed by atoms with E-state index in [4.69, 9.17) is 11.5 Å². The van der Waals surface area contributed by atoms with Gasteiger partial charge in [-0.1, -0.05) is 24.3 Å². The van der Waals surface area contributed by atoms with Crippen molar-refractivity contribution >= 4 is 17.3 Å². The maximum Gasteiger partial charge on any atom is 0.250 e. The van der Waals surface area contributed by atoms with Crippen molar-refractivity contribution in [3.05, 3.63) is 59.7 Å². The van der Waals surface area contributed by atoms with E-state index in [1.54, 1.807) is 6.07 Å². The average Bonchev–Trinajstić information content (AvgIpc) is 2.45. The zero-order chi connectivity index (χ0) is 14.7. The highest BCUT2D eigenvalue weighted by Crippen LogP contribution is 2.28. The van der Waals surface area contributed by atoms with Gasteiger partial charge in [-0.2, -0.15) is 0 Å². The van der Waals surface area contributed by atoms with E-state index in [9.17, 15) is 4.79 Å². The molecule has 0 aliphatic heterocycles. The monoisotopic (exact) mass is 269 g/mol. The molecule has 0 saturated carbocycles. The van der Waals surface area contributed by atoms with E-state index < -0.39 is 5.91 Å². The summed E-state index contributed by atoms with van der Waals surface area (Å²) >= 11 is 0. The normalized spacial score (nSPS) is 11.9. The van der Waals surface area contributed by atoms with Crippen molar-refractivity contribution in [3.8, 4) is 0 Å². The number of carbonyl (C=O) groups excluding carboxylic acids is 1. The lowest BCUT2D eigenvalue weighted by atomic mass is 10.0. The number of amides is 1. The quantitative estimate of drug-likeness (QED) is 0.838. The second-order valence-corrected chi connectivity index (χ2v) is 4.84. The van der Waals surface area contributed by atoms with Crippen LogP contribution in [0.15, 0.2) is 48.5 Å². The van der Waals surface area contributed by atoms with Crippen molar-refractivity contribution in [1.29, 1.82) is 0 Å². The minimum absolute atomic E-state index is 0.0824. The third-order valence-corrected chi connectivity index (χ3v) is 3.52. The van der Waals surface area contributed by atoms with Crippen LogP contribution in [-0.2, 0) is 0 Å². The van der Waals surface area contributed by atoms with Crippen molar-refractivity contribution in [2.75, 3.05) is 17.7 Å². The largest absolute Gasteiger partial charge is 0.399 e. The minimum Gasteiger partial charge on any atom is -0.399 e. The Bertz CT molecular complexity index is 625. The van der Waals surface area contributed by atoms with Crippen molar-refractivity contribution < 1.29 is 4.79 Å². The highest BCUT2D eigenvalue weighted by molar-refractivity contribution is 5.98. The fourth-order valence-electron chi connectivity index (χ4n) is 2.24. The number of primary amides is 1. The first-order valence-electron chi connectivity index (χ1n) is 6.48. The van der Waals surface area contributed by atoms with E-state index >= 15 is 0 Å². The molecular formula is C16H19N3O. The molecule has 0 aliphatic rings. The van der Waals surface area contributed by atoms with E-state index in [0.717, 1.165) is 16.9 Å². The van der Waals surface area contributed by atoms with E-state index in [2.05, 4.69) is 6.92 Å². The molecule has 0 fully saturated rings. The summed E-state index contributed by atoms with van der Waals surface area (Å²) in [5.74, 6) is -0.424. The first-order chi connectivity index (χ1) is 9.50. The Kier molecular flexibility index (Phi) is 3.94. The number of hydrogen-bond donors (Lipinski definition) is 2. The number of hydrogen-bond acceptors (Lipinski definition) is 3. The average molecular weight is 269 g/mol. The summed E-state index contributed by atoms with van der Waals surface area (Å²) < 4.78 is 0. The molecule has 0 bridgehead atoms. The molecule has 1 atom stereocenters. The van der Waals surface area contributed by atoms with E-state index in [-0.39, 0.29) is 6.04 Å². The number of para-hydroxylation sites is 1. The molecule has 0 heterocycles. The predicted molar refractivity (Wildman–Crippen MR) is 82.6 cm³/mol. The molecule has 2 aromatic carbocycles. The zero-order valence-electron chi connectivity index (χ0n) is 11.7. The minimum atomic E-state index is -0.424. The van der Waals surface area contributed by atoms with Crippen molar-refractivity contribution in [2.24, 2.45) is 5.73 Å². The summed E-state index contributed by atoms with van der Waals surface area (Å²) in [6, 6.07) is 15.1. The summed E-state index contributed by atoms with van der Waals surface area (Å²) in [6.07, 6.45) is 0. The Morgan fingerprint density at radius 3 is 2.50 bits per heavy atom. The Labute approximate surface area is 119 Å². The first-order valence-corrected chi connectivity index (χ1v) is 6.48. The van der Waals surface area contributed by atoms with Crippen LogP contribution in [0.1, 0.15) is 28.9 Å². The van der Waals surface area contributed by atoms with Gasteiger partial charge in [0, 0.05) is 18.4 Å². The van der Waals surface area contributed by atoms with Gasteiger partial charge in [0.05, 0.1) is 11.6 Å². The number of nitrogen functional groups attached to an aromatic ring is 1. The van der Waals surface area contributed by atoms with Crippen molar-refractivity contribution in [3.63, 3.8) is 0 Å². The Hall–Kier alpha value is -2.49. The summed E-state index contributed by atoms with van der Waals surface area (Å²) in [5.41, 5.74) is 14.4. The first kappa shape index (κ1) is 13.9. The molecule has 4 heteroatoms. The topological polar surface area (TPSA) is 72.3 Å². The Morgan fingerprint density at radius 1 is 1.15 bits per heavy atom. The van der Waals surface area contributed by atoms with Crippen molar-refractivity contribution in [1.82, 2.24) is 0 Å². The Balaban J connectivity index is 2.36. The molecule has 20 heavy (non-hydrogen) atoms. The maximum absolute atomic E-state index is 11.5. The van der Waals surface area contributed by atoms with Crippen LogP contribution in [0, 0.1) is 0 Å².